The van der Waals surface area contributed by atoms with Gasteiger partial charge in [-0.25, -0.2) is 4.79 Å². The average Bonchev–Trinajstić information content (AvgIpc) is 3.20. The van der Waals surface area contributed by atoms with Gasteiger partial charge in [0.2, 0.25) is 0 Å². The SMILES string of the molecule is COc1ccc([C@]2(c3ccccc3)NC(=O)N(CCCN3CCC(c4ccccc4)CC3)C2=O)cc1. The molecule has 6 heteroatoms. The number of carbonyl (C=O) groups excluding carboxylic acids is 2. The molecular weight excluding hydrogens is 450 g/mol. The second kappa shape index (κ2) is 10.5. The van der Waals surface area contributed by atoms with Crippen molar-refractivity contribution < 1.29 is 14.3 Å². The van der Waals surface area contributed by atoms with Crippen molar-refractivity contribution in [3.05, 3.63) is 102 Å². The summed E-state index contributed by atoms with van der Waals surface area (Å²) in [5.74, 6) is 1.09. The Morgan fingerprint density at radius 1 is 0.833 bits per heavy atom. The third kappa shape index (κ3) is 4.61. The van der Waals surface area contributed by atoms with Gasteiger partial charge in [-0.15, -0.1) is 0 Å². The fourth-order valence-electron chi connectivity index (χ4n) is 5.53. The van der Waals surface area contributed by atoms with Crippen LogP contribution in [0, 0.1) is 0 Å². The molecule has 0 aromatic heterocycles. The van der Waals surface area contributed by atoms with E-state index in [-0.39, 0.29) is 11.9 Å². The summed E-state index contributed by atoms with van der Waals surface area (Å²) in [6.45, 7) is 3.35. The Kier molecular flexibility index (Phi) is 7.05. The molecule has 0 spiro atoms. The molecular formula is C30H33N3O3. The first kappa shape index (κ1) is 24.1. The molecule has 2 aliphatic rings. The summed E-state index contributed by atoms with van der Waals surface area (Å²) < 4.78 is 5.29. The zero-order valence-corrected chi connectivity index (χ0v) is 20.7. The van der Waals surface area contributed by atoms with Crippen LogP contribution in [0.4, 0.5) is 4.79 Å². The maximum atomic E-state index is 13.9. The lowest BCUT2D eigenvalue weighted by Gasteiger charge is -2.32. The Morgan fingerprint density at radius 2 is 1.44 bits per heavy atom. The monoisotopic (exact) mass is 483 g/mol. The zero-order chi connectivity index (χ0) is 25.0. The van der Waals surface area contributed by atoms with Gasteiger partial charge in [0.1, 0.15) is 5.75 Å². The quantitative estimate of drug-likeness (QED) is 0.470. The first-order valence-corrected chi connectivity index (χ1v) is 12.7. The summed E-state index contributed by atoms with van der Waals surface area (Å²) in [6.07, 6.45) is 3.03. The summed E-state index contributed by atoms with van der Waals surface area (Å²) in [5.41, 5.74) is 1.66. The Hall–Kier alpha value is -3.64. The van der Waals surface area contributed by atoms with E-state index < -0.39 is 5.54 Å². The molecule has 1 N–H and O–H groups in total. The first-order valence-electron chi connectivity index (χ1n) is 12.7. The average molecular weight is 484 g/mol. The molecule has 0 radical (unpaired) electrons. The molecule has 0 bridgehead atoms. The van der Waals surface area contributed by atoms with Crippen molar-refractivity contribution in [3.63, 3.8) is 0 Å². The Balaban J connectivity index is 1.25. The van der Waals surface area contributed by atoms with Crippen LogP contribution < -0.4 is 10.1 Å². The maximum Gasteiger partial charge on any atom is 0.325 e. The number of amides is 3. The number of carbonyl (C=O) groups is 2. The highest BCUT2D eigenvalue weighted by Crippen LogP contribution is 2.37. The van der Waals surface area contributed by atoms with E-state index in [0.29, 0.717) is 18.2 Å². The predicted molar refractivity (Wildman–Crippen MR) is 140 cm³/mol. The Labute approximate surface area is 212 Å². The minimum absolute atomic E-state index is 0.230. The summed E-state index contributed by atoms with van der Waals surface area (Å²) in [7, 11) is 1.61. The van der Waals surface area contributed by atoms with Gasteiger partial charge in [0.25, 0.3) is 5.91 Å². The van der Waals surface area contributed by atoms with E-state index in [2.05, 4.69) is 40.5 Å². The number of hydrogen-bond acceptors (Lipinski definition) is 4. The summed E-state index contributed by atoms with van der Waals surface area (Å²) in [5, 5.41) is 3.03. The van der Waals surface area contributed by atoms with Crippen molar-refractivity contribution in [2.24, 2.45) is 0 Å². The van der Waals surface area contributed by atoms with E-state index in [4.69, 9.17) is 4.74 Å². The molecule has 2 heterocycles. The molecule has 6 nitrogen and oxygen atoms in total. The number of rotatable bonds is 8. The number of ether oxygens (including phenoxy) is 1. The minimum Gasteiger partial charge on any atom is -0.497 e. The van der Waals surface area contributed by atoms with E-state index in [1.165, 1.54) is 10.5 Å². The number of nitrogens with one attached hydrogen (secondary N) is 1. The van der Waals surface area contributed by atoms with Crippen LogP contribution in [-0.4, -0.2) is 55.0 Å². The number of piperidine rings is 1. The number of imide groups is 1. The molecule has 0 aliphatic carbocycles. The largest absolute Gasteiger partial charge is 0.497 e. The fourth-order valence-corrected chi connectivity index (χ4v) is 5.53. The highest BCUT2D eigenvalue weighted by molar-refractivity contribution is 6.09. The zero-order valence-electron chi connectivity index (χ0n) is 20.7. The van der Waals surface area contributed by atoms with Crippen molar-refractivity contribution in [1.29, 1.82) is 0 Å². The molecule has 3 aromatic carbocycles. The van der Waals surface area contributed by atoms with Crippen LogP contribution in [-0.2, 0) is 10.3 Å². The molecule has 1 atom stereocenters. The lowest BCUT2D eigenvalue weighted by Crippen LogP contribution is -2.45. The van der Waals surface area contributed by atoms with Gasteiger partial charge in [-0.05, 0) is 73.6 Å². The summed E-state index contributed by atoms with van der Waals surface area (Å²) in [6, 6.07) is 27.2. The maximum absolute atomic E-state index is 13.9. The van der Waals surface area contributed by atoms with Gasteiger partial charge in [-0.3, -0.25) is 9.69 Å². The standard InChI is InChI=1S/C30H33N3O3/c1-36-27-15-13-26(14-16-27)30(25-11-6-3-7-12-25)28(34)33(29(35)31-30)20-8-19-32-21-17-24(18-22-32)23-9-4-2-5-10-23/h2-7,9-16,24H,8,17-22H2,1H3,(H,31,35)/t30-/m0/s1. The molecule has 186 valence electrons. The van der Waals surface area contributed by atoms with Crippen molar-refractivity contribution >= 4 is 11.9 Å². The van der Waals surface area contributed by atoms with Crippen molar-refractivity contribution in [1.82, 2.24) is 15.1 Å². The molecule has 0 saturated carbocycles. The smallest absolute Gasteiger partial charge is 0.325 e. The van der Waals surface area contributed by atoms with E-state index >= 15 is 0 Å². The fraction of sp³-hybridized carbons (Fsp3) is 0.333. The number of nitrogens with zero attached hydrogens (tertiary/aromatic N) is 2. The first-order chi connectivity index (χ1) is 17.6. The van der Waals surface area contributed by atoms with Crippen LogP contribution in [0.1, 0.15) is 41.9 Å². The van der Waals surface area contributed by atoms with E-state index in [0.717, 1.165) is 50.0 Å². The van der Waals surface area contributed by atoms with Crippen LogP contribution in [0.2, 0.25) is 0 Å². The van der Waals surface area contributed by atoms with Gasteiger partial charge in [0.15, 0.2) is 5.54 Å². The van der Waals surface area contributed by atoms with Crippen LogP contribution in [0.25, 0.3) is 0 Å². The highest BCUT2D eigenvalue weighted by atomic mass is 16.5. The van der Waals surface area contributed by atoms with Gasteiger partial charge in [0.05, 0.1) is 7.11 Å². The van der Waals surface area contributed by atoms with Gasteiger partial charge in [0, 0.05) is 6.54 Å². The van der Waals surface area contributed by atoms with Gasteiger partial charge in [-0.2, -0.15) is 0 Å². The number of hydrogen-bond donors (Lipinski definition) is 1. The Morgan fingerprint density at radius 3 is 2.08 bits per heavy atom. The van der Waals surface area contributed by atoms with Crippen molar-refractivity contribution in [2.75, 3.05) is 33.3 Å². The van der Waals surface area contributed by atoms with E-state index in [1.54, 1.807) is 7.11 Å². The Bertz CT molecular complexity index is 1180. The van der Waals surface area contributed by atoms with Crippen LogP contribution in [0.5, 0.6) is 5.75 Å². The van der Waals surface area contributed by atoms with Gasteiger partial charge >= 0.3 is 6.03 Å². The third-order valence-electron chi connectivity index (χ3n) is 7.55. The normalized spacial score (nSPS) is 21.0. The second-order valence-corrected chi connectivity index (χ2v) is 9.61. The minimum atomic E-state index is -1.24. The lowest BCUT2D eigenvalue weighted by atomic mass is 9.82. The predicted octanol–water partition coefficient (Wildman–Crippen LogP) is 4.76. The molecule has 5 rings (SSSR count). The molecule has 3 aromatic rings. The summed E-state index contributed by atoms with van der Waals surface area (Å²) >= 11 is 0. The second-order valence-electron chi connectivity index (χ2n) is 9.61. The van der Waals surface area contributed by atoms with Crippen molar-refractivity contribution in [3.8, 4) is 5.75 Å². The van der Waals surface area contributed by atoms with Crippen LogP contribution >= 0.6 is 0 Å². The third-order valence-corrected chi connectivity index (χ3v) is 7.55. The molecule has 3 amide bonds. The van der Waals surface area contributed by atoms with Crippen molar-refractivity contribution in [2.45, 2.75) is 30.7 Å². The van der Waals surface area contributed by atoms with Gasteiger partial charge < -0.3 is 15.0 Å². The topological polar surface area (TPSA) is 61.9 Å². The molecule has 36 heavy (non-hydrogen) atoms. The van der Waals surface area contributed by atoms with E-state index in [1.807, 2.05) is 54.6 Å². The number of benzene rings is 3. The van der Waals surface area contributed by atoms with Gasteiger partial charge in [-0.1, -0.05) is 72.8 Å². The lowest BCUT2D eigenvalue weighted by molar-refractivity contribution is -0.130. The van der Waals surface area contributed by atoms with E-state index in [9.17, 15) is 9.59 Å². The highest BCUT2D eigenvalue weighted by Gasteiger charge is 2.53. The number of urea groups is 1. The molecule has 2 aliphatic heterocycles. The molecule has 0 unspecified atom stereocenters. The van der Waals surface area contributed by atoms with Crippen LogP contribution in [0.3, 0.4) is 0 Å². The summed E-state index contributed by atoms with van der Waals surface area (Å²) in [4.78, 5) is 30.8. The molecule has 2 saturated heterocycles. The number of methoxy groups -OCH3 is 1. The molecule has 2 fully saturated rings. The van der Waals surface area contributed by atoms with Crippen LogP contribution in [0.15, 0.2) is 84.9 Å². The number of likely N-dealkylation sites (tertiary alicyclic amines) is 1.